The van der Waals surface area contributed by atoms with Crippen LogP contribution in [-0.4, -0.2) is 42.3 Å². The van der Waals surface area contributed by atoms with E-state index in [1.54, 1.807) is 19.1 Å². The highest BCUT2D eigenvalue weighted by Gasteiger charge is 2.35. The highest BCUT2D eigenvalue weighted by atomic mass is 32.2. The third-order valence-electron chi connectivity index (χ3n) is 3.82. The van der Waals surface area contributed by atoms with Gasteiger partial charge in [0.25, 0.3) is 5.91 Å². The Morgan fingerprint density at radius 1 is 1.16 bits per heavy atom. The highest BCUT2D eigenvalue weighted by Crippen LogP contribution is 2.38. The monoisotopic (exact) mass is 362 g/mol. The number of hydrogen-bond donors (Lipinski definition) is 0. The summed E-state index contributed by atoms with van der Waals surface area (Å²) in [7, 11) is 3.25. The molecular weight excluding hydrogens is 336 g/mol. The van der Waals surface area contributed by atoms with Crippen LogP contribution in [0.3, 0.4) is 0 Å². The first-order valence-corrected chi connectivity index (χ1v) is 9.14. The third-order valence-corrected chi connectivity index (χ3v) is 4.82. The van der Waals surface area contributed by atoms with Crippen molar-refractivity contribution < 1.29 is 14.3 Å². The Balaban J connectivity index is 2.48. The van der Waals surface area contributed by atoms with E-state index in [0.29, 0.717) is 10.7 Å². The first kappa shape index (κ1) is 19.4. The fraction of sp³-hybridized carbons (Fsp3) is 0.474. The zero-order chi connectivity index (χ0) is 18.7. The molecule has 2 rings (SSSR count). The van der Waals surface area contributed by atoms with Crippen molar-refractivity contribution in [3.05, 3.63) is 28.2 Å². The lowest BCUT2D eigenvalue weighted by Crippen LogP contribution is -2.35. The first-order valence-electron chi connectivity index (χ1n) is 8.32. The molecule has 5 nitrogen and oxygen atoms in total. The van der Waals surface area contributed by atoms with E-state index in [4.69, 9.17) is 9.47 Å². The molecule has 0 spiro atoms. The second-order valence-electron chi connectivity index (χ2n) is 6.40. The van der Waals surface area contributed by atoms with Crippen LogP contribution in [0.15, 0.2) is 22.0 Å². The van der Waals surface area contributed by atoms with Gasteiger partial charge in [0.1, 0.15) is 11.5 Å². The van der Waals surface area contributed by atoms with Gasteiger partial charge in [-0.15, -0.1) is 0 Å². The van der Waals surface area contributed by atoms with Gasteiger partial charge >= 0.3 is 0 Å². The maximum atomic E-state index is 12.8. The number of amides is 1. The summed E-state index contributed by atoms with van der Waals surface area (Å²) in [5.41, 5.74) is 1.76. The van der Waals surface area contributed by atoms with Crippen molar-refractivity contribution >= 4 is 28.9 Å². The van der Waals surface area contributed by atoms with Crippen LogP contribution in [0.5, 0.6) is 11.5 Å². The Bertz CT molecular complexity index is 724. The van der Waals surface area contributed by atoms with Gasteiger partial charge < -0.3 is 9.47 Å². The average molecular weight is 362 g/mol. The molecule has 0 aliphatic carbocycles. The molecule has 6 heteroatoms. The molecule has 1 aliphatic rings. The van der Waals surface area contributed by atoms with Crippen molar-refractivity contribution in [1.29, 1.82) is 0 Å². The summed E-state index contributed by atoms with van der Waals surface area (Å²) in [6, 6.07) is 3.98. The maximum Gasteiger partial charge on any atom is 0.266 e. The van der Waals surface area contributed by atoms with Crippen LogP contribution < -0.4 is 9.47 Å². The standard InChI is InChI=1S/C19H26N2O3S/c1-11(2)20-19-21(12(3)4)18(22)16(25-19)10-14-8-9-15(23-6)13(5)17(14)24-7/h8-12H,1-7H3/b16-10+,20-19?. The van der Waals surface area contributed by atoms with Gasteiger partial charge in [0, 0.05) is 23.2 Å². The van der Waals surface area contributed by atoms with Crippen molar-refractivity contribution in [1.82, 2.24) is 4.90 Å². The van der Waals surface area contributed by atoms with E-state index in [-0.39, 0.29) is 18.0 Å². The van der Waals surface area contributed by atoms with Gasteiger partial charge in [-0.05, 0) is 64.6 Å². The molecule has 1 aliphatic heterocycles. The smallest absolute Gasteiger partial charge is 0.266 e. The third kappa shape index (κ3) is 4.00. The molecule has 0 saturated carbocycles. The van der Waals surface area contributed by atoms with Crippen molar-refractivity contribution in [2.45, 2.75) is 46.7 Å². The molecule has 1 aromatic rings. The van der Waals surface area contributed by atoms with Gasteiger partial charge in [0.2, 0.25) is 0 Å². The topological polar surface area (TPSA) is 51.1 Å². The summed E-state index contributed by atoms with van der Waals surface area (Å²) < 4.78 is 10.9. The van der Waals surface area contributed by atoms with Crippen LogP contribution >= 0.6 is 11.8 Å². The van der Waals surface area contributed by atoms with Crippen LogP contribution in [0.25, 0.3) is 6.08 Å². The second kappa shape index (κ2) is 7.95. The summed E-state index contributed by atoms with van der Waals surface area (Å²) in [5, 5.41) is 0.755. The Labute approximate surface area is 154 Å². The summed E-state index contributed by atoms with van der Waals surface area (Å²) in [6.07, 6.45) is 1.87. The van der Waals surface area contributed by atoms with E-state index >= 15 is 0 Å². The minimum atomic E-state index is -0.0186. The molecule has 1 heterocycles. The highest BCUT2D eigenvalue weighted by molar-refractivity contribution is 8.18. The van der Waals surface area contributed by atoms with Gasteiger partial charge in [0.15, 0.2) is 5.17 Å². The van der Waals surface area contributed by atoms with Crippen LogP contribution in [0.4, 0.5) is 0 Å². The molecule has 0 bridgehead atoms. The van der Waals surface area contributed by atoms with Crippen molar-refractivity contribution in [3.8, 4) is 11.5 Å². The van der Waals surface area contributed by atoms with Crippen LogP contribution in [0.1, 0.15) is 38.8 Å². The predicted octanol–water partition coefficient (Wildman–Crippen LogP) is 4.10. The van der Waals surface area contributed by atoms with E-state index in [1.807, 2.05) is 52.8 Å². The quantitative estimate of drug-likeness (QED) is 0.740. The number of amidine groups is 1. The molecule has 0 radical (unpaired) electrons. The molecule has 0 N–H and O–H groups in total. The van der Waals surface area contributed by atoms with Gasteiger partial charge in [-0.2, -0.15) is 0 Å². The lowest BCUT2D eigenvalue weighted by Gasteiger charge is -2.20. The number of thioether (sulfide) groups is 1. The number of carbonyl (C=O) groups excluding carboxylic acids is 1. The number of methoxy groups -OCH3 is 2. The lowest BCUT2D eigenvalue weighted by molar-refractivity contribution is -0.123. The molecule has 1 saturated heterocycles. The second-order valence-corrected chi connectivity index (χ2v) is 7.41. The zero-order valence-electron chi connectivity index (χ0n) is 15.9. The summed E-state index contributed by atoms with van der Waals surface area (Å²) in [4.78, 5) is 19.8. The Hall–Kier alpha value is -1.95. The maximum absolute atomic E-state index is 12.8. The minimum absolute atomic E-state index is 0.0186. The Morgan fingerprint density at radius 2 is 1.84 bits per heavy atom. The molecule has 1 fully saturated rings. The summed E-state index contributed by atoms with van der Waals surface area (Å²) >= 11 is 1.41. The molecular formula is C19H26N2O3S. The van der Waals surface area contributed by atoms with Crippen LogP contribution in [-0.2, 0) is 4.79 Å². The number of aliphatic imine (C=N–C) groups is 1. The van der Waals surface area contributed by atoms with Crippen molar-refractivity contribution in [2.24, 2.45) is 4.99 Å². The number of hydrogen-bond acceptors (Lipinski definition) is 5. The average Bonchev–Trinajstić information content (AvgIpc) is 2.82. The largest absolute Gasteiger partial charge is 0.496 e. The zero-order valence-corrected chi connectivity index (χ0v) is 16.7. The van der Waals surface area contributed by atoms with Crippen molar-refractivity contribution in [3.63, 3.8) is 0 Å². The minimum Gasteiger partial charge on any atom is -0.496 e. The van der Waals surface area contributed by atoms with Crippen LogP contribution in [0.2, 0.25) is 0 Å². The Kier molecular flexibility index (Phi) is 6.16. The van der Waals surface area contributed by atoms with Gasteiger partial charge in [-0.25, -0.2) is 0 Å². The van der Waals surface area contributed by atoms with Gasteiger partial charge in [-0.3, -0.25) is 14.7 Å². The van der Waals surface area contributed by atoms with E-state index in [2.05, 4.69) is 4.99 Å². The van der Waals surface area contributed by atoms with Gasteiger partial charge in [-0.1, -0.05) is 0 Å². The summed E-state index contributed by atoms with van der Waals surface area (Å²) in [5.74, 6) is 1.45. The van der Waals surface area contributed by atoms with Crippen LogP contribution in [0, 0.1) is 6.92 Å². The molecule has 0 atom stereocenters. The Morgan fingerprint density at radius 3 is 2.36 bits per heavy atom. The summed E-state index contributed by atoms with van der Waals surface area (Å²) in [6.45, 7) is 9.95. The van der Waals surface area contributed by atoms with E-state index in [1.165, 1.54) is 11.8 Å². The number of ether oxygens (including phenoxy) is 2. The first-order chi connectivity index (χ1) is 11.8. The van der Waals surface area contributed by atoms with Crippen molar-refractivity contribution in [2.75, 3.05) is 14.2 Å². The molecule has 0 aromatic heterocycles. The number of carbonyl (C=O) groups is 1. The molecule has 0 unspecified atom stereocenters. The fourth-order valence-electron chi connectivity index (χ4n) is 2.69. The SMILES string of the molecule is COc1ccc(/C=C2/SC(=NC(C)C)N(C(C)C)C2=O)c(OC)c1C. The predicted molar refractivity (Wildman–Crippen MR) is 104 cm³/mol. The number of nitrogens with zero attached hydrogens (tertiary/aromatic N) is 2. The van der Waals surface area contributed by atoms with Gasteiger partial charge in [0.05, 0.1) is 19.1 Å². The normalized spacial score (nSPS) is 18.1. The number of rotatable bonds is 5. The fourth-order valence-corrected chi connectivity index (χ4v) is 3.92. The van der Waals surface area contributed by atoms with E-state index in [0.717, 1.165) is 22.0 Å². The molecule has 25 heavy (non-hydrogen) atoms. The number of benzene rings is 1. The molecule has 136 valence electrons. The molecule has 1 aromatic carbocycles. The van der Waals surface area contributed by atoms with E-state index < -0.39 is 0 Å². The lowest BCUT2D eigenvalue weighted by atomic mass is 10.1. The molecule has 1 amide bonds. The van der Waals surface area contributed by atoms with E-state index in [9.17, 15) is 4.79 Å².